The molecule has 2 N–H and O–H groups in total. The first-order valence-corrected chi connectivity index (χ1v) is 5.68. The fraction of sp³-hybridized carbons (Fsp3) is 0.0769. The number of hydrogen-bond donors (Lipinski definition) is 2. The second kappa shape index (κ2) is 6.80. The molecule has 0 heterocycles. The molecular formula is C13H8ClN5O. The minimum absolute atomic E-state index is 0.219. The van der Waals surface area contributed by atoms with E-state index in [2.05, 4.69) is 10.6 Å². The Morgan fingerprint density at radius 3 is 2.25 bits per heavy atom. The molecule has 0 aromatic heterocycles. The van der Waals surface area contributed by atoms with Gasteiger partial charge in [0.25, 0.3) is 0 Å². The maximum absolute atomic E-state index is 11.1. The number of carbonyl (C=O) groups excluding carboxylic acids is 1. The van der Waals surface area contributed by atoms with E-state index >= 15 is 0 Å². The van der Waals surface area contributed by atoms with E-state index in [9.17, 15) is 4.79 Å². The third-order valence-electron chi connectivity index (χ3n) is 2.14. The topological polar surface area (TPSA) is 112 Å². The van der Waals surface area contributed by atoms with Gasteiger partial charge in [-0.05, 0) is 18.2 Å². The zero-order valence-electron chi connectivity index (χ0n) is 10.4. The van der Waals surface area contributed by atoms with Crippen molar-refractivity contribution >= 4 is 28.9 Å². The van der Waals surface area contributed by atoms with E-state index in [1.54, 1.807) is 30.3 Å². The van der Waals surface area contributed by atoms with E-state index in [0.29, 0.717) is 16.4 Å². The Hall–Kier alpha value is -3.01. The van der Waals surface area contributed by atoms with E-state index in [0.717, 1.165) is 0 Å². The van der Waals surface area contributed by atoms with Crippen LogP contribution < -0.4 is 10.6 Å². The summed E-state index contributed by atoms with van der Waals surface area (Å²) in [5.74, 6) is -0.307. The number of amides is 1. The minimum atomic E-state index is -0.360. The molecule has 6 nitrogen and oxygen atoms in total. The van der Waals surface area contributed by atoms with Gasteiger partial charge in [-0.2, -0.15) is 15.8 Å². The Bertz CT molecular complexity index is 687. The Balaban J connectivity index is 3.27. The molecule has 1 aromatic carbocycles. The lowest BCUT2D eigenvalue weighted by atomic mass is 10.2. The molecule has 0 saturated heterocycles. The van der Waals surface area contributed by atoms with Gasteiger partial charge in [0.05, 0.1) is 11.4 Å². The van der Waals surface area contributed by atoms with Gasteiger partial charge < -0.3 is 10.6 Å². The highest BCUT2D eigenvalue weighted by atomic mass is 35.5. The highest BCUT2D eigenvalue weighted by molar-refractivity contribution is 6.31. The molecule has 1 amide bonds. The van der Waals surface area contributed by atoms with E-state index in [1.165, 1.54) is 13.0 Å². The lowest BCUT2D eigenvalue weighted by Crippen LogP contribution is -2.09. The number of carbonyl (C=O) groups is 1. The first-order valence-electron chi connectivity index (χ1n) is 5.30. The lowest BCUT2D eigenvalue weighted by Gasteiger charge is -2.12. The number of nitriles is 3. The van der Waals surface area contributed by atoms with Crippen molar-refractivity contribution in [2.75, 3.05) is 10.6 Å². The van der Waals surface area contributed by atoms with E-state index in [-0.39, 0.29) is 17.2 Å². The van der Waals surface area contributed by atoms with Crippen LogP contribution in [-0.4, -0.2) is 5.91 Å². The average Bonchev–Trinajstić information content (AvgIpc) is 2.41. The molecule has 0 unspecified atom stereocenters. The van der Waals surface area contributed by atoms with Gasteiger partial charge in [-0.25, -0.2) is 0 Å². The summed E-state index contributed by atoms with van der Waals surface area (Å²) in [4.78, 5) is 11.1. The van der Waals surface area contributed by atoms with Crippen molar-refractivity contribution in [1.29, 1.82) is 15.8 Å². The molecule has 0 spiro atoms. The number of benzene rings is 1. The van der Waals surface area contributed by atoms with Gasteiger partial charge in [-0.3, -0.25) is 4.79 Å². The van der Waals surface area contributed by atoms with E-state index in [1.807, 2.05) is 0 Å². The van der Waals surface area contributed by atoms with Gasteiger partial charge >= 0.3 is 0 Å². The molecule has 0 aliphatic heterocycles. The molecule has 0 saturated carbocycles. The number of allylic oxidation sites excluding steroid dienone is 2. The largest absolute Gasteiger partial charge is 0.343 e. The van der Waals surface area contributed by atoms with Crippen molar-refractivity contribution in [2.24, 2.45) is 0 Å². The molecular weight excluding hydrogens is 278 g/mol. The standard InChI is InChI=1S/C13H8ClN5O/c1-8(20)18-11-3-2-10(14)4-12(11)19-13(7-17)9(5-15)6-16/h2-4,19H,1H3,(H,18,20). The molecule has 1 aromatic rings. The fourth-order valence-electron chi connectivity index (χ4n) is 1.34. The normalized spacial score (nSPS) is 8.55. The zero-order chi connectivity index (χ0) is 15.1. The fourth-order valence-corrected chi connectivity index (χ4v) is 1.51. The minimum Gasteiger partial charge on any atom is -0.343 e. The molecule has 98 valence electrons. The number of hydrogen-bond acceptors (Lipinski definition) is 5. The van der Waals surface area contributed by atoms with Crippen LogP contribution in [0.3, 0.4) is 0 Å². The smallest absolute Gasteiger partial charge is 0.221 e. The van der Waals surface area contributed by atoms with Crippen molar-refractivity contribution in [3.8, 4) is 18.2 Å². The highest BCUT2D eigenvalue weighted by Gasteiger charge is 2.10. The summed E-state index contributed by atoms with van der Waals surface area (Å²) in [5, 5.41) is 32.0. The summed E-state index contributed by atoms with van der Waals surface area (Å²) in [6.45, 7) is 1.33. The number of anilines is 2. The second-order valence-electron chi connectivity index (χ2n) is 3.58. The van der Waals surface area contributed by atoms with Crippen LogP contribution in [0.15, 0.2) is 29.5 Å². The van der Waals surface area contributed by atoms with Gasteiger partial charge in [0.2, 0.25) is 5.91 Å². The summed E-state index contributed by atoms with van der Waals surface area (Å²) in [6.07, 6.45) is 0. The molecule has 1 rings (SSSR count). The van der Waals surface area contributed by atoms with Crippen LogP contribution >= 0.6 is 11.6 Å². The van der Waals surface area contributed by atoms with Crippen LogP contribution in [0.5, 0.6) is 0 Å². The SMILES string of the molecule is CC(=O)Nc1ccc(Cl)cc1NC(C#N)=C(C#N)C#N. The van der Waals surface area contributed by atoms with Gasteiger partial charge in [0.15, 0.2) is 5.57 Å². The van der Waals surface area contributed by atoms with Gasteiger partial charge in [-0.1, -0.05) is 11.6 Å². The maximum Gasteiger partial charge on any atom is 0.221 e. The summed E-state index contributed by atoms with van der Waals surface area (Å²) in [5.41, 5.74) is 0.113. The Morgan fingerprint density at radius 2 is 1.75 bits per heavy atom. The third kappa shape index (κ3) is 3.74. The Morgan fingerprint density at radius 1 is 1.10 bits per heavy atom. The summed E-state index contributed by atoms with van der Waals surface area (Å²) < 4.78 is 0. The van der Waals surface area contributed by atoms with Crippen molar-refractivity contribution in [2.45, 2.75) is 6.92 Å². The monoisotopic (exact) mass is 285 g/mol. The molecule has 20 heavy (non-hydrogen) atoms. The number of nitrogens with zero attached hydrogens (tertiary/aromatic N) is 3. The van der Waals surface area contributed by atoms with Crippen LogP contribution in [0.4, 0.5) is 11.4 Å². The lowest BCUT2D eigenvalue weighted by molar-refractivity contribution is -0.114. The van der Waals surface area contributed by atoms with Gasteiger partial charge in [0.1, 0.15) is 23.9 Å². The summed E-state index contributed by atoms with van der Waals surface area (Å²) in [6, 6.07) is 9.51. The molecule has 0 aliphatic carbocycles. The number of nitrogens with one attached hydrogen (secondary N) is 2. The van der Waals surface area contributed by atoms with Crippen LogP contribution in [0.2, 0.25) is 5.02 Å². The van der Waals surface area contributed by atoms with Crippen molar-refractivity contribution in [3.63, 3.8) is 0 Å². The summed E-state index contributed by atoms with van der Waals surface area (Å²) in [7, 11) is 0. The average molecular weight is 286 g/mol. The maximum atomic E-state index is 11.1. The Kier molecular flexibility index (Phi) is 5.12. The van der Waals surface area contributed by atoms with E-state index < -0.39 is 0 Å². The first kappa shape index (κ1) is 15.0. The number of rotatable bonds is 3. The van der Waals surface area contributed by atoms with Crippen LogP contribution in [0, 0.1) is 34.0 Å². The first-order chi connectivity index (χ1) is 9.51. The molecule has 0 atom stereocenters. The molecule has 0 aliphatic rings. The van der Waals surface area contributed by atoms with Crippen LogP contribution in [-0.2, 0) is 4.79 Å². The van der Waals surface area contributed by atoms with Gasteiger partial charge in [0, 0.05) is 11.9 Å². The Labute approximate surface area is 120 Å². The van der Waals surface area contributed by atoms with Crippen LogP contribution in [0.1, 0.15) is 6.92 Å². The zero-order valence-corrected chi connectivity index (χ0v) is 11.1. The number of halogens is 1. The highest BCUT2D eigenvalue weighted by Crippen LogP contribution is 2.27. The molecule has 0 radical (unpaired) electrons. The van der Waals surface area contributed by atoms with Crippen LogP contribution in [0.25, 0.3) is 0 Å². The van der Waals surface area contributed by atoms with Crippen molar-refractivity contribution < 1.29 is 4.79 Å². The molecule has 0 bridgehead atoms. The predicted molar refractivity (Wildman–Crippen MR) is 73.2 cm³/mol. The molecule has 7 heteroatoms. The second-order valence-corrected chi connectivity index (χ2v) is 4.02. The van der Waals surface area contributed by atoms with Crippen molar-refractivity contribution in [3.05, 3.63) is 34.5 Å². The van der Waals surface area contributed by atoms with Gasteiger partial charge in [-0.15, -0.1) is 0 Å². The molecule has 0 fully saturated rings. The quantitative estimate of drug-likeness (QED) is 0.829. The predicted octanol–water partition coefficient (Wildman–Crippen LogP) is 2.54. The third-order valence-corrected chi connectivity index (χ3v) is 2.37. The van der Waals surface area contributed by atoms with Crippen molar-refractivity contribution in [1.82, 2.24) is 0 Å². The summed E-state index contributed by atoms with van der Waals surface area (Å²) >= 11 is 5.85. The van der Waals surface area contributed by atoms with E-state index in [4.69, 9.17) is 27.4 Å².